The van der Waals surface area contributed by atoms with Crippen LogP contribution in [0.1, 0.15) is 30.9 Å². The van der Waals surface area contributed by atoms with E-state index >= 15 is 0 Å². The van der Waals surface area contributed by atoms with Crippen molar-refractivity contribution in [3.05, 3.63) is 35.4 Å². The standard InChI is InChI=1S/C16H28N2/c1-4-11-17-12-14-18(3)13-5-6-16-9-7-15(2)8-10-16/h7-10,17H,4-6,11-14H2,1-3H3. The molecule has 18 heavy (non-hydrogen) atoms. The van der Waals surface area contributed by atoms with Crippen LogP contribution in [0.25, 0.3) is 0 Å². The van der Waals surface area contributed by atoms with E-state index in [0.717, 1.165) is 19.6 Å². The van der Waals surface area contributed by atoms with E-state index in [1.807, 2.05) is 0 Å². The van der Waals surface area contributed by atoms with E-state index in [9.17, 15) is 0 Å². The molecule has 0 heterocycles. The highest BCUT2D eigenvalue weighted by Gasteiger charge is 1.98. The largest absolute Gasteiger partial charge is 0.315 e. The normalized spacial score (nSPS) is 11.1. The zero-order valence-electron chi connectivity index (χ0n) is 12.2. The van der Waals surface area contributed by atoms with Crippen molar-refractivity contribution in [3.8, 4) is 0 Å². The highest BCUT2D eigenvalue weighted by Crippen LogP contribution is 2.05. The maximum absolute atomic E-state index is 3.44. The molecule has 1 aromatic carbocycles. The molecule has 1 rings (SSSR count). The lowest BCUT2D eigenvalue weighted by Gasteiger charge is -2.16. The summed E-state index contributed by atoms with van der Waals surface area (Å²) < 4.78 is 0. The number of rotatable bonds is 9. The molecular formula is C16H28N2. The average Bonchev–Trinajstić information content (AvgIpc) is 2.37. The van der Waals surface area contributed by atoms with Gasteiger partial charge in [-0.3, -0.25) is 0 Å². The molecule has 0 atom stereocenters. The molecule has 1 aromatic rings. The number of hydrogen-bond acceptors (Lipinski definition) is 2. The predicted molar refractivity (Wildman–Crippen MR) is 80.2 cm³/mol. The van der Waals surface area contributed by atoms with Gasteiger partial charge in [-0.2, -0.15) is 0 Å². The first-order chi connectivity index (χ1) is 8.72. The molecule has 0 aliphatic rings. The first-order valence-electron chi connectivity index (χ1n) is 7.17. The first-order valence-corrected chi connectivity index (χ1v) is 7.17. The van der Waals surface area contributed by atoms with Gasteiger partial charge in [0.1, 0.15) is 0 Å². The Kier molecular flexibility index (Phi) is 7.70. The molecule has 0 aliphatic carbocycles. The van der Waals surface area contributed by atoms with Crippen molar-refractivity contribution in [1.82, 2.24) is 10.2 Å². The first kappa shape index (κ1) is 15.2. The second-order valence-corrected chi connectivity index (χ2v) is 5.14. The van der Waals surface area contributed by atoms with Crippen molar-refractivity contribution in [2.45, 2.75) is 33.1 Å². The van der Waals surface area contributed by atoms with E-state index in [-0.39, 0.29) is 0 Å². The van der Waals surface area contributed by atoms with E-state index in [1.54, 1.807) is 0 Å². The highest BCUT2D eigenvalue weighted by atomic mass is 15.1. The number of nitrogens with one attached hydrogen (secondary N) is 1. The Hall–Kier alpha value is -0.860. The summed E-state index contributed by atoms with van der Waals surface area (Å²) >= 11 is 0. The molecule has 2 heteroatoms. The van der Waals surface area contributed by atoms with E-state index < -0.39 is 0 Å². The van der Waals surface area contributed by atoms with Gasteiger partial charge in [-0.15, -0.1) is 0 Å². The van der Waals surface area contributed by atoms with Gasteiger partial charge in [0.2, 0.25) is 0 Å². The fourth-order valence-corrected chi connectivity index (χ4v) is 1.99. The van der Waals surface area contributed by atoms with Crippen LogP contribution in [0, 0.1) is 6.92 Å². The van der Waals surface area contributed by atoms with E-state index in [2.05, 4.69) is 55.4 Å². The molecule has 2 nitrogen and oxygen atoms in total. The zero-order valence-corrected chi connectivity index (χ0v) is 12.2. The van der Waals surface area contributed by atoms with Gasteiger partial charge < -0.3 is 10.2 Å². The van der Waals surface area contributed by atoms with Crippen LogP contribution in [0.15, 0.2) is 24.3 Å². The minimum absolute atomic E-state index is 1.11. The average molecular weight is 248 g/mol. The Morgan fingerprint density at radius 3 is 2.44 bits per heavy atom. The zero-order chi connectivity index (χ0) is 13.2. The fraction of sp³-hybridized carbons (Fsp3) is 0.625. The Morgan fingerprint density at radius 2 is 1.78 bits per heavy atom. The number of likely N-dealkylation sites (N-methyl/N-ethyl adjacent to an activating group) is 1. The van der Waals surface area contributed by atoms with E-state index in [4.69, 9.17) is 0 Å². The summed E-state index contributed by atoms with van der Waals surface area (Å²) in [7, 11) is 2.21. The minimum Gasteiger partial charge on any atom is -0.315 e. The summed E-state index contributed by atoms with van der Waals surface area (Å²) in [6.45, 7) is 8.92. The van der Waals surface area contributed by atoms with Crippen molar-refractivity contribution in [2.24, 2.45) is 0 Å². The molecule has 0 bridgehead atoms. The maximum Gasteiger partial charge on any atom is 0.0104 e. The summed E-state index contributed by atoms with van der Waals surface area (Å²) in [5.41, 5.74) is 2.80. The van der Waals surface area contributed by atoms with Crippen LogP contribution in [0.2, 0.25) is 0 Å². The molecule has 0 aliphatic heterocycles. The summed E-state index contributed by atoms with van der Waals surface area (Å²) in [5.74, 6) is 0. The van der Waals surface area contributed by atoms with Crippen LogP contribution in [0.3, 0.4) is 0 Å². The molecule has 0 saturated carbocycles. The second-order valence-electron chi connectivity index (χ2n) is 5.14. The van der Waals surface area contributed by atoms with Gasteiger partial charge >= 0.3 is 0 Å². The van der Waals surface area contributed by atoms with Gasteiger partial charge in [0, 0.05) is 13.1 Å². The monoisotopic (exact) mass is 248 g/mol. The molecule has 0 spiro atoms. The van der Waals surface area contributed by atoms with Gasteiger partial charge in [-0.1, -0.05) is 36.8 Å². The summed E-state index contributed by atoms with van der Waals surface area (Å²) in [5, 5.41) is 3.44. The maximum atomic E-state index is 3.44. The van der Waals surface area contributed by atoms with Crippen LogP contribution < -0.4 is 5.32 Å². The molecule has 102 valence electrons. The molecule has 0 aromatic heterocycles. The van der Waals surface area contributed by atoms with Crippen LogP contribution in [-0.2, 0) is 6.42 Å². The predicted octanol–water partition coefficient (Wildman–Crippen LogP) is 2.86. The second kappa shape index (κ2) is 9.12. The van der Waals surface area contributed by atoms with Crippen molar-refractivity contribution >= 4 is 0 Å². The van der Waals surface area contributed by atoms with Gasteiger partial charge in [-0.05, 0) is 51.9 Å². The lowest BCUT2D eigenvalue weighted by molar-refractivity contribution is 0.327. The van der Waals surface area contributed by atoms with Crippen LogP contribution in [-0.4, -0.2) is 38.1 Å². The fourth-order valence-electron chi connectivity index (χ4n) is 1.99. The van der Waals surface area contributed by atoms with Crippen LogP contribution >= 0.6 is 0 Å². The number of nitrogens with zero attached hydrogens (tertiary/aromatic N) is 1. The van der Waals surface area contributed by atoms with Gasteiger partial charge in [0.05, 0.1) is 0 Å². The lowest BCUT2D eigenvalue weighted by atomic mass is 10.1. The van der Waals surface area contributed by atoms with Crippen molar-refractivity contribution in [2.75, 3.05) is 33.2 Å². The van der Waals surface area contributed by atoms with E-state index in [1.165, 1.54) is 36.9 Å². The summed E-state index contributed by atoms with van der Waals surface area (Å²) in [6, 6.07) is 8.90. The molecule has 0 radical (unpaired) electrons. The third kappa shape index (κ3) is 6.77. The Morgan fingerprint density at radius 1 is 1.06 bits per heavy atom. The van der Waals surface area contributed by atoms with Crippen molar-refractivity contribution in [1.29, 1.82) is 0 Å². The minimum atomic E-state index is 1.11. The summed E-state index contributed by atoms with van der Waals surface area (Å²) in [6.07, 6.45) is 3.65. The molecule has 0 unspecified atom stereocenters. The third-order valence-corrected chi connectivity index (χ3v) is 3.22. The van der Waals surface area contributed by atoms with Gasteiger partial charge in [-0.25, -0.2) is 0 Å². The van der Waals surface area contributed by atoms with Gasteiger partial charge in [0.25, 0.3) is 0 Å². The van der Waals surface area contributed by atoms with Crippen LogP contribution in [0.4, 0.5) is 0 Å². The Balaban J connectivity index is 2.07. The lowest BCUT2D eigenvalue weighted by Crippen LogP contribution is -2.30. The SMILES string of the molecule is CCCNCCN(C)CCCc1ccc(C)cc1. The Labute approximate surface area is 112 Å². The van der Waals surface area contributed by atoms with Crippen molar-refractivity contribution in [3.63, 3.8) is 0 Å². The topological polar surface area (TPSA) is 15.3 Å². The number of aryl methyl sites for hydroxylation is 2. The van der Waals surface area contributed by atoms with Crippen molar-refractivity contribution < 1.29 is 0 Å². The molecule has 1 N–H and O–H groups in total. The van der Waals surface area contributed by atoms with Gasteiger partial charge in [0.15, 0.2) is 0 Å². The molecule has 0 fully saturated rings. The van der Waals surface area contributed by atoms with E-state index in [0.29, 0.717) is 0 Å². The smallest absolute Gasteiger partial charge is 0.0104 e. The highest BCUT2D eigenvalue weighted by molar-refractivity contribution is 5.21. The molecular weight excluding hydrogens is 220 g/mol. The molecule has 0 amide bonds. The third-order valence-electron chi connectivity index (χ3n) is 3.22. The number of hydrogen-bond donors (Lipinski definition) is 1. The molecule has 0 saturated heterocycles. The Bertz CT molecular complexity index is 305. The number of benzene rings is 1. The quantitative estimate of drug-likeness (QED) is 0.676. The van der Waals surface area contributed by atoms with Crippen LogP contribution in [0.5, 0.6) is 0 Å². The summed E-state index contributed by atoms with van der Waals surface area (Å²) in [4.78, 5) is 2.41.